The van der Waals surface area contributed by atoms with Crippen molar-refractivity contribution in [2.24, 2.45) is 4.99 Å². The van der Waals surface area contributed by atoms with Gasteiger partial charge in [-0.2, -0.15) is 5.70 Å². The number of allylic oxidation sites excluding steroid dienone is 2. The van der Waals surface area contributed by atoms with Gasteiger partial charge in [0, 0.05) is 5.71 Å². The molecule has 0 aromatic heterocycles. The van der Waals surface area contributed by atoms with Crippen LogP contribution in [0.2, 0.25) is 0 Å². The molecule has 206 valence electrons. The van der Waals surface area contributed by atoms with Crippen LogP contribution < -0.4 is 24.0 Å². The zero-order chi connectivity index (χ0) is 27.5. The van der Waals surface area contributed by atoms with E-state index in [1.807, 2.05) is 36.4 Å². The van der Waals surface area contributed by atoms with Crippen LogP contribution in [0.4, 0.5) is 11.4 Å². The van der Waals surface area contributed by atoms with E-state index in [0.29, 0.717) is 23.7 Å². The zero-order valence-electron chi connectivity index (χ0n) is 25.8. The average molecular weight is 688 g/mol. The Bertz CT molecular complexity index is 1100. The van der Waals surface area contributed by atoms with Crippen molar-refractivity contribution in [3.05, 3.63) is 112 Å². The Balaban J connectivity index is 0.00000159. The maximum Gasteiger partial charge on any atom is 2.00 e. The van der Waals surface area contributed by atoms with Gasteiger partial charge in [-0.05, 0) is 41.7 Å². The van der Waals surface area contributed by atoms with Crippen molar-refractivity contribution < 1.29 is 43.5 Å². The number of nitrogens with zero attached hydrogens (tertiary/aromatic N) is 2. The Morgan fingerprint density at radius 2 is 0.923 bits per heavy atom. The predicted molar refractivity (Wildman–Crippen MR) is 165 cm³/mol. The molecule has 39 heavy (non-hydrogen) atoms. The minimum Gasteiger partial charge on any atom is -1.00 e. The molecule has 0 bridgehead atoms. The topological polar surface area (TPSA) is 26.5 Å². The Labute approximate surface area is 269 Å². The van der Waals surface area contributed by atoms with Gasteiger partial charge >= 0.3 is 19.5 Å². The summed E-state index contributed by atoms with van der Waals surface area (Å²) < 4.78 is 0. The van der Waals surface area contributed by atoms with Gasteiger partial charge in [-0.1, -0.05) is 152 Å². The number of halogens is 1. The van der Waals surface area contributed by atoms with E-state index in [-0.39, 0.29) is 43.5 Å². The van der Waals surface area contributed by atoms with Crippen molar-refractivity contribution in [3.8, 4) is 0 Å². The van der Waals surface area contributed by atoms with Crippen LogP contribution in [0.25, 0.3) is 5.32 Å². The largest absolute Gasteiger partial charge is 2.00 e. The van der Waals surface area contributed by atoms with Gasteiger partial charge in [0.15, 0.2) is 0 Å². The molecule has 3 aromatic carbocycles. The SMILES string of the molecule is CC(/C=C(/C)[N-]c1c(C(C)C)cccc1C(C)C)=Nc1c(C(C)C)cccc1C(C)C.[I-].[Zn+2].c1ccccc1. The van der Waals surface area contributed by atoms with Crippen molar-refractivity contribution in [1.82, 2.24) is 0 Å². The standard InChI is InChI=1S/C29H41N2.C6H6.HI.Zn/c1-18(2)24-13-11-14-25(19(3)4)28(24)30-22(9)17-23(10)31-29-26(20(5)6)15-12-16-27(29)21(7)8;1-2-4-6-5-3-1;;/h11-21H,1-10H3;1-6H;1H;/q-1;;;+2/p-1/b22-17-,31-23?;;;. The molecule has 3 aromatic rings. The summed E-state index contributed by atoms with van der Waals surface area (Å²) >= 11 is 0. The molecular weight excluding hydrogens is 641 g/mol. The van der Waals surface area contributed by atoms with Crippen molar-refractivity contribution in [1.29, 1.82) is 0 Å². The second kappa shape index (κ2) is 18.5. The molecule has 0 saturated heterocycles. The fourth-order valence-corrected chi connectivity index (χ4v) is 4.39. The molecule has 0 atom stereocenters. The van der Waals surface area contributed by atoms with Crippen LogP contribution in [0.3, 0.4) is 0 Å². The van der Waals surface area contributed by atoms with E-state index in [0.717, 1.165) is 22.8 Å². The summed E-state index contributed by atoms with van der Waals surface area (Å²) in [5.41, 5.74) is 9.45. The molecular formula is C35H47IN2Zn. The third-order valence-corrected chi connectivity index (χ3v) is 6.35. The first-order valence-corrected chi connectivity index (χ1v) is 13.7. The summed E-state index contributed by atoms with van der Waals surface area (Å²) in [5, 5.41) is 5.08. The molecule has 0 fully saturated rings. The molecule has 0 unspecified atom stereocenters. The van der Waals surface area contributed by atoms with Crippen LogP contribution in [-0.4, -0.2) is 5.71 Å². The second-order valence-electron chi connectivity index (χ2n) is 11.0. The van der Waals surface area contributed by atoms with Gasteiger partial charge in [0.2, 0.25) is 0 Å². The van der Waals surface area contributed by atoms with Gasteiger partial charge in [0.1, 0.15) is 0 Å². The summed E-state index contributed by atoms with van der Waals surface area (Å²) in [6.07, 6.45) is 2.11. The van der Waals surface area contributed by atoms with Crippen molar-refractivity contribution in [2.45, 2.75) is 92.9 Å². The molecule has 2 nitrogen and oxygen atoms in total. The Hall–Kier alpha value is -1.78. The van der Waals surface area contributed by atoms with E-state index < -0.39 is 0 Å². The van der Waals surface area contributed by atoms with Gasteiger partial charge in [0.05, 0.1) is 5.69 Å². The summed E-state index contributed by atoms with van der Waals surface area (Å²) in [6.45, 7) is 22.1. The Morgan fingerprint density at radius 3 is 1.26 bits per heavy atom. The zero-order valence-corrected chi connectivity index (χ0v) is 30.9. The molecule has 0 N–H and O–H groups in total. The van der Waals surface area contributed by atoms with Crippen molar-refractivity contribution in [3.63, 3.8) is 0 Å². The van der Waals surface area contributed by atoms with Crippen LogP contribution in [0.5, 0.6) is 0 Å². The van der Waals surface area contributed by atoms with E-state index in [9.17, 15) is 0 Å². The summed E-state index contributed by atoms with van der Waals surface area (Å²) in [7, 11) is 0. The molecule has 3 rings (SSSR count). The third-order valence-electron chi connectivity index (χ3n) is 6.35. The van der Waals surface area contributed by atoms with E-state index in [1.54, 1.807) is 0 Å². The van der Waals surface area contributed by atoms with Gasteiger partial charge in [-0.3, -0.25) is 4.99 Å². The first-order chi connectivity index (χ1) is 17.5. The molecule has 0 amide bonds. The number of para-hydroxylation sites is 2. The predicted octanol–water partition coefficient (Wildman–Crippen LogP) is 8.57. The summed E-state index contributed by atoms with van der Waals surface area (Å²) in [6, 6.07) is 25.1. The number of benzene rings is 3. The Kier molecular flexibility index (Phi) is 17.7. The van der Waals surface area contributed by atoms with Crippen LogP contribution in [0.15, 0.2) is 89.6 Å². The number of rotatable bonds is 8. The van der Waals surface area contributed by atoms with Crippen LogP contribution in [-0.2, 0) is 19.5 Å². The molecule has 0 aliphatic rings. The van der Waals surface area contributed by atoms with Crippen LogP contribution >= 0.6 is 0 Å². The van der Waals surface area contributed by atoms with Crippen molar-refractivity contribution >= 4 is 17.1 Å². The average Bonchev–Trinajstić information content (AvgIpc) is 2.85. The quantitative estimate of drug-likeness (QED) is 0.129. The molecule has 0 spiro atoms. The molecule has 0 radical (unpaired) electrons. The second-order valence-corrected chi connectivity index (χ2v) is 11.0. The van der Waals surface area contributed by atoms with E-state index >= 15 is 0 Å². The Morgan fingerprint density at radius 1 is 0.590 bits per heavy atom. The fraction of sp³-hybridized carbons (Fsp3) is 0.400. The third kappa shape index (κ3) is 11.7. The minimum atomic E-state index is 0. The smallest absolute Gasteiger partial charge is 1.00 e. The minimum absolute atomic E-state index is 0. The molecule has 0 aliphatic carbocycles. The number of aliphatic imine (C=N–C) groups is 1. The van der Waals surface area contributed by atoms with E-state index in [2.05, 4.69) is 112 Å². The fourth-order valence-electron chi connectivity index (χ4n) is 4.39. The van der Waals surface area contributed by atoms with Gasteiger partial charge in [0.25, 0.3) is 0 Å². The molecule has 4 heteroatoms. The first-order valence-electron chi connectivity index (χ1n) is 13.7. The first kappa shape index (κ1) is 37.2. The van der Waals surface area contributed by atoms with Gasteiger partial charge < -0.3 is 29.3 Å². The van der Waals surface area contributed by atoms with Crippen LogP contribution in [0.1, 0.15) is 115 Å². The van der Waals surface area contributed by atoms with E-state index in [4.69, 9.17) is 10.3 Å². The number of hydrogen-bond donors (Lipinski definition) is 0. The molecule has 0 heterocycles. The maximum absolute atomic E-state index is 5.08. The van der Waals surface area contributed by atoms with Crippen LogP contribution in [0, 0.1) is 0 Å². The molecule has 0 aliphatic heterocycles. The maximum atomic E-state index is 5.08. The number of hydrogen-bond acceptors (Lipinski definition) is 1. The monoisotopic (exact) mass is 686 g/mol. The van der Waals surface area contributed by atoms with Gasteiger partial charge in [-0.15, -0.1) is 5.69 Å². The summed E-state index contributed by atoms with van der Waals surface area (Å²) in [4.78, 5) is 5.08. The summed E-state index contributed by atoms with van der Waals surface area (Å²) in [5.74, 6) is 1.75. The van der Waals surface area contributed by atoms with E-state index in [1.165, 1.54) is 22.3 Å². The normalized spacial score (nSPS) is 11.6. The van der Waals surface area contributed by atoms with Crippen molar-refractivity contribution in [2.75, 3.05) is 0 Å². The molecule has 0 saturated carbocycles. The van der Waals surface area contributed by atoms with Gasteiger partial charge in [-0.25, -0.2) is 0 Å².